The summed E-state index contributed by atoms with van der Waals surface area (Å²) in [6.45, 7) is 0.326. The lowest BCUT2D eigenvalue weighted by Gasteiger charge is -2.18. The highest BCUT2D eigenvalue weighted by molar-refractivity contribution is 5.86. The number of carbonyl (C=O) groups is 6. The van der Waals surface area contributed by atoms with Crippen molar-refractivity contribution >= 4 is 35.8 Å². The van der Waals surface area contributed by atoms with Gasteiger partial charge in [0.2, 0.25) is 5.91 Å². The Bertz CT molecular complexity index is 683. The van der Waals surface area contributed by atoms with Gasteiger partial charge in [-0.25, -0.2) is 14.4 Å². The first kappa shape index (κ1) is 29.6. The molecule has 0 aliphatic rings. The van der Waals surface area contributed by atoms with Crippen molar-refractivity contribution < 1.29 is 49.2 Å². The number of carbonyl (C=O) groups excluding carboxylic acids is 2. The summed E-state index contributed by atoms with van der Waals surface area (Å²) in [5.74, 6) is -4.96. The van der Waals surface area contributed by atoms with Crippen LogP contribution in [-0.2, 0) is 24.0 Å². The average molecular weight is 475 g/mol. The highest BCUT2D eigenvalue weighted by Crippen LogP contribution is 2.06. The average Bonchev–Trinajstić information content (AvgIpc) is 2.71. The molecule has 0 rings (SSSR count). The molecular formula is C20H33N3O10. The maximum Gasteiger partial charge on any atom is 0.326 e. The lowest BCUT2D eigenvalue weighted by molar-refractivity contribution is -0.141. The second-order valence-corrected chi connectivity index (χ2v) is 7.49. The zero-order valence-electron chi connectivity index (χ0n) is 18.4. The number of aliphatic carboxylic acids is 4. The third-order valence-corrected chi connectivity index (χ3v) is 4.64. The SMILES string of the molecule is O=C(O)CCCCCCC(=O)NCCCC[C@H](NC(=O)N[C@@H](CCC(=O)O)C(=O)O)C(=O)O. The van der Waals surface area contributed by atoms with Gasteiger partial charge >= 0.3 is 29.9 Å². The summed E-state index contributed by atoms with van der Waals surface area (Å²) in [5, 5.41) is 42.3. The molecule has 0 aromatic carbocycles. The predicted molar refractivity (Wildman–Crippen MR) is 114 cm³/mol. The first-order valence-electron chi connectivity index (χ1n) is 10.8. The van der Waals surface area contributed by atoms with Crippen molar-refractivity contribution in [1.29, 1.82) is 0 Å². The molecule has 13 heteroatoms. The molecule has 0 aliphatic carbocycles. The molecule has 0 spiro atoms. The van der Waals surface area contributed by atoms with Gasteiger partial charge in [-0.1, -0.05) is 12.8 Å². The molecule has 0 saturated heterocycles. The van der Waals surface area contributed by atoms with E-state index in [1.165, 1.54) is 0 Å². The minimum Gasteiger partial charge on any atom is -0.481 e. The zero-order chi connectivity index (χ0) is 25.2. The highest BCUT2D eigenvalue weighted by Gasteiger charge is 2.24. The third kappa shape index (κ3) is 16.9. The van der Waals surface area contributed by atoms with E-state index < -0.39 is 48.4 Å². The quantitative estimate of drug-likeness (QED) is 0.130. The van der Waals surface area contributed by atoms with Crippen molar-refractivity contribution in [2.45, 2.75) is 82.7 Å². The number of nitrogens with one attached hydrogen (secondary N) is 3. The van der Waals surface area contributed by atoms with Crippen LogP contribution in [0.3, 0.4) is 0 Å². The number of hydrogen-bond donors (Lipinski definition) is 7. The first-order valence-corrected chi connectivity index (χ1v) is 10.8. The van der Waals surface area contributed by atoms with Crippen LogP contribution in [0.5, 0.6) is 0 Å². The molecule has 0 aliphatic heterocycles. The van der Waals surface area contributed by atoms with Gasteiger partial charge < -0.3 is 36.4 Å². The number of hydrogen-bond acceptors (Lipinski definition) is 6. The minimum atomic E-state index is -1.47. The van der Waals surface area contributed by atoms with Crippen molar-refractivity contribution in [3.05, 3.63) is 0 Å². The van der Waals surface area contributed by atoms with E-state index in [-0.39, 0.29) is 25.2 Å². The van der Waals surface area contributed by atoms with Gasteiger partial charge in [0.25, 0.3) is 0 Å². The molecule has 13 nitrogen and oxygen atoms in total. The fraction of sp³-hybridized carbons (Fsp3) is 0.700. The number of rotatable bonds is 19. The maximum atomic E-state index is 11.9. The van der Waals surface area contributed by atoms with Crippen LogP contribution in [0.4, 0.5) is 4.79 Å². The summed E-state index contributed by atoms with van der Waals surface area (Å²) in [5.41, 5.74) is 0. The molecule has 0 bridgehead atoms. The van der Waals surface area contributed by atoms with Crippen LogP contribution in [0, 0.1) is 0 Å². The van der Waals surface area contributed by atoms with Gasteiger partial charge in [0, 0.05) is 25.8 Å². The predicted octanol–water partition coefficient (Wildman–Crippen LogP) is 0.769. The van der Waals surface area contributed by atoms with Crippen LogP contribution in [0.2, 0.25) is 0 Å². The molecular weight excluding hydrogens is 442 g/mol. The Kier molecular flexibility index (Phi) is 15.4. The standard InChI is InChI=1S/C20H33N3O10/c24-15(8-3-1-2-4-9-16(25)26)21-12-6-5-7-13(18(29)30)22-20(33)23-14(19(31)32)10-11-17(27)28/h13-14H,1-12H2,(H,21,24)(H,25,26)(H,27,28)(H,29,30)(H,31,32)(H2,22,23,33)/t13-,14-/m0/s1. The van der Waals surface area contributed by atoms with Gasteiger partial charge in [-0.15, -0.1) is 0 Å². The molecule has 3 amide bonds. The maximum absolute atomic E-state index is 11.9. The van der Waals surface area contributed by atoms with Gasteiger partial charge in [-0.2, -0.15) is 0 Å². The van der Waals surface area contributed by atoms with Crippen LogP contribution in [0.15, 0.2) is 0 Å². The van der Waals surface area contributed by atoms with Crippen molar-refractivity contribution in [1.82, 2.24) is 16.0 Å². The monoisotopic (exact) mass is 475 g/mol. The second-order valence-electron chi connectivity index (χ2n) is 7.49. The number of carboxylic acids is 4. The van der Waals surface area contributed by atoms with E-state index in [9.17, 15) is 33.9 Å². The van der Waals surface area contributed by atoms with Crippen LogP contribution in [0.1, 0.15) is 70.6 Å². The fourth-order valence-electron chi connectivity index (χ4n) is 2.85. The number of unbranched alkanes of at least 4 members (excludes halogenated alkanes) is 4. The molecule has 33 heavy (non-hydrogen) atoms. The van der Waals surface area contributed by atoms with Crippen molar-refractivity contribution in [3.63, 3.8) is 0 Å². The lowest BCUT2D eigenvalue weighted by atomic mass is 10.1. The Morgan fingerprint density at radius 1 is 0.576 bits per heavy atom. The lowest BCUT2D eigenvalue weighted by Crippen LogP contribution is -2.51. The molecule has 0 heterocycles. The van der Waals surface area contributed by atoms with Crippen LogP contribution >= 0.6 is 0 Å². The van der Waals surface area contributed by atoms with Crippen molar-refractivity contribution in [2.24, 2.45) is 0 Å². The van der Waals surface area contributed by atoms with E-state index in [1.807, 2.05) is 5.32 Å². The summed E-state index contributed by atoms with van der Waals surface area (Å²) in [6, 6.07) is -3.78. The van der Waals surface area contributed by atoms with Gasteiger partial charge in [0.15, 0.2) is 0 Å². The van der Waals surface area contributed by atoms with E-state index in [0.717, 1.165) is 12.8 Å². The molecule has 0 aromatic rings. The third-order valence-electron chi connectivity index (χ3n) is 4.64. The van der Waals surface area contributed by atoms with Crippen molar-refractivity contribution in [3.8, 4) is 0 Å². The largest absolute Gasteiger partial charge is 0.481 e. The topological polar surface area (TPSA) is 219 Å². The molecule has 7 N–H and O–H groups in total. The van der Waals surface area contributed by atoms with E-state index in [0.29, 0.717) is 38.6 Å². The molecule has 0 radical (unpaired) electrons. The van der Waals surface area contributed by atoms with Gasteiger partial charge in [0.05, 0.1) is 0 Å². The Labute approximate surface area is 190 Å². The summed E-state index contributed by atoms with van der Waals surface area (Å²) < 4.78 is 0. The van der Waals surface area contributed by atoms with E-state index >= 15 is 0 Å². The molecule has 0 unspecified atom stereocenters. The van der Waals surface area contributed by atoms with E-state index in [1.54, 1.807) is 0 Å². The van der Waals surface area contributed by atoms with Gasteiger partial charge in [-0.3, -0.25) is 14.4 Å². The fourth-order valence-corrected chi connectivity index (χ4v) is 2.85. The highest BCUT2D eigenvalue weighted by atomic mass is 16.4. The summed E-state index contributed by atoms with van der Waals surface area (Å²) in [6.07, 6.45) is 3.22. The Balaban J connectivity index is 4.13. The second kappa shape index (κ2) is 17.2. The first-order chi connectivity index (χ1) is 15.5. The summed E-state index contributed by atoms with van der Waals surface area (Å²) >= 11 is 0. The molecule has 0 fully saturated rings. The molecule has 0 aromatic heterocycles. The Morgan fingerprint density at radius 3 is 1.61 bits per heavy atom. The van der Waals surface area contributed by atoms with Gasteiger partial charge in [-0.05, 0) is 38.5 Å². The minimum absolute atomic E-state index is 0.0507. The van der Waals surface area contributed by atoms with Crippen LogP contribution in [0.25, 0.3) is 0 Å². The Hall–Kier alpha value is -3.38. The van der Waals surface area contributed by atoms with Crippen LogP contribution < -0.4 is 16.0 Å². The number of urea groups is 1. The Morgan fingerprint density at radius 2 is 1.09 bits per heavy atom. The summed E-state index contributed by atoms with van der Waals surface area (Å²) in [7, 11) is 0. The zero-order valence-corrected chi connectivity index (χ0v) is 18.4. The van der Waals surface area contributed by atoms with E-state index in [2.05, 4.69) is 10.6 Å². The van der Waals surface area contributed by atoms with Crippen molar-refractivity contribution in [2.75, 3.05) is 6.54 Å². The normalized spacial score (nSPS) is 12.2. The summed E-state index contributed by atoms with van der Waals surface area (Å²) in [4.78, 5) is 67.0. The van der Waals surface area contributed by atoms with E-state index in [4.69, 9.17) is 15.3 Å². The van der Waals surface area contributed by atoms with Gasteiger partial charge in [0.1, 0.15) is 12.1 Å². The number of amides is 3. The molecule has 188 valence electrons. The molecule has 2 atom stereocenters. The van der Waals surface area contributed by atoms with Crippen LogP contribution in [-0.4, -0.2) is 74.9 Å². The molecule has 0 saturated carbocycles. The smallest absolute Gasteiger partial charge is 0.326 e. The number of carboxylic acid groups (broad SMARTS) is 4.